The Labute approximate surface area is 176 Å². The van der Waals surface area contributed by atoms with Crippen LogP contribution in [0.4, 0.5) is 5.69 Å². The summed E-state index contributed by atoms with van der Waals surface area (Å²) in [6.07, 6.45) is 1.93. The zero-order chi connectivity index (χ0) is 20.8. The first-order chi connectivity index (χ1) is 13.8. The molecule has 29 heavy (non-hydrogen) atoms. The van der Waals surface area contributed by atoms with Gasteiger partial charge in [-0.1, -0.05) is 15.9 Å². The summed E-state index contributed by atoms with van der Waals surface area (Å²) in [7, 11) is -3.33. The highest BCUT2D eigenvalue weighted by Crippen LogP contribution is 2.31. The minimum absolute atomic E-state index is 0.0289. The fourth-order valence-electron chi connectivity index (χ4n) is 3.48. The smallest absolute Gasteiger partial charge is 0.261 e. The zero-order valence-electron chi connectivity index (χ0n) is 15.6. The van der Waals surface area contributed by atoms with Crippen LogP contribution < -0.4 is 9.86 Å². The molecule has 0 fully saturated rings. The molecule has 0 N–H and O–H groups in total. The van der Waals surface area contributed by atoms with Crippen molar-refractivity contribution >= 4 is 48.3 Å². The molecule has 0 unspecified atom stereocenters. The topological polar surface area (TPSA) is 89.3 Å². The number of carbonyl (C=O) groups is 1. The van der Waals surface area contributed by atoms with E-state index in [4.69, 9.17) is 0 Å². The summed E-state index contributed by atoms with van der Waals surface area (Å²) >= 11 is 3.34. The van der Waals surface area contributed by atoms with Crippen LogP contribution in [0.1, 0.15) is 22.8 Å². The molecule has 0 atom stereocenters. The average Bonchev–Trinajstić information content (AvgIpc) is 3.14. The van der Waals surface area contributed by atoms with Crippen LogP contribution >= 0.6 is 15.9 Å². The largest absolute Gasteiger partial charge is 0.292 e. The van der Waals surface area contributed by atoms with Crippen LogP contribution in [0.5, 0.6) is 0 Å². The number of sulfonamides is 1. The van der Waals surface area contributed by atoms with Gasteiger partial charge < -0.3 is 0 Å². The summed E-state index contributed by atoms with van der Waals surface area (Å²) in [5, 5.41) is 0.434. The summed E-state index contributed by atoms with van der Waals surface area (Å²) in [5.41, 5.74) is 2.17. The maximum Gasteiger partial charge on any atom is 0.261 e. The fraction of sp³-hybridized carbons (Fsp3) is 0.250. The lowest BCUT2D eigenvalue weighted by Crippen LogP contribution is -2.30. The predicted octanol–water partition coefficient (Wildman–Crippen LogP) is 2.75. The summed E-state index contributed by atoms with van der Waals surface area (Å²) < 4.78 is 27.9. The number of Topliss-reactive ketones (excluding diaryl/α,β-unsaturated/α-hetero) is 1. The molecule has 0 radical (unpaired) electrons. The Kier molecular flexibility index (Phi) is 5.04. The van der Waals surface area contributed by atoms with Gasteiger partial charge in [-0.15, -0.1) is 0 Å². The van der Waals surface area contributed by atoms with Gasteiger partial charge in [0.05, 0.1) is 35.2 Å². The SMILES string of the molecule is CCS(=O)(=O)N1CCc2cc(C(=O)Cn3cnc4ccc(Br)cc4c3=O)ccc21. The van der Waals surface area contributed by atoms with Gasteiger partial charge in [-0.2, -0.15) is 0 Å². The molecule has 0 bridgehead atoms. The molecule has 2 heterocycles. The Balaban J connectivity index is 1.63. The van der Waals surface area contributed by atoms with Crippen molar-refractivity contribution in [3.8, 4) is 0 Å². The Morgan fingerprint density at radius 3 is 2.76 bits per heavy atom. The van der Waals surface area contributed by atoms with Gasteiger partial charge in [0.1, 0.15) is 0 Å². The molecule has 0 saturated heterocycles. The second-order valence-electron chi connectivity index (χ2n) is 6.83. The summed E-state index contributed by atoms with van der Waals surface area (Å²) in [4.78, 5) is 29.7. The van der Waals surface area contributed by atoms with E-state index in [0.29, 0.717) is 35.1 Å². The maximum absolute atomic E-state index is 12.8. The standard InChI is InChI=1S/C20H18BrN3O4S/c1-2-29(27,28)24-8-7-13-9-14(3-6-18(13)24)19(25)11-23-12-22-17-5-4-15(21)10-16(17)20(23)26/h3-6,9-10,12H,2,7-8,11H2,1H3. The number of halogens is 1. The summed E-state index contributed by atoms with van der Waals surface area (Å²) in [6.45, 7) is 1.86. The van der Waals surface area contributed by atoms with Crippen molar-refractivity contribution < 1.29 is 13.2 Å². The van der Waals surface area contributed by atoms with E-state index < -0.39 is 10.0 Å². The van der Waals surface area contributed by atoms with Gasteiger partial charge in [0.15, 0.2) is 5.78 Å². The van der Waals surface area contributed by atoms with E-state index in [9.17, 15) is 18.0 Å². The normalized spacial score (nSPS) is 13.7. The number of hydrogen-bond donors (Lipinski definition) is 0. The van der Waals surface area contributed by atoms with Crippen LogP contribution in [0.2, 0.25) is 0 Å². The average molecular weight is 476 g/mol. The third kappa shape index (κ3) is 3.60. The van der Waals surface area contributed by atoms with Crippen LogP contribution in [-0.4, -0.2) is 36.0 Å². The van der Waals surface area contributed by atoms with Crippen molar-refractivity contribution in [1.29, 1.82) is 0 Å². The van der Waals surface area contributed by atoms with Crippen molar-refractivity contribution in [2.75, 3.05) is 16.6 Å². The third-order valence-electron chi connectivity index (χ3n) is 5.06. The molecule has 0 aliphatic carbocycles. The molecular weight excluding hydrogens is 458 g/mol. The fourth-order valence-corrected chi connectivity index (χ4v) is 5.00. The first-order valence-corrected chi connectivity index (χ1v) is 11.5. The molecule has 1 aromatic heterocycles. The van der Waals surface area contributed by atoms with Gasteiger partial charge >= 0.3 is 0 Å². The lowest BCUT2D eigenvalue weighted by atomic mass is 10.1. The highest BCUT2D eigenvalue weighted by Gasteiger charge is 2.28. The van der Waals surface area contributed by atoms with Gasteiger partial charge in [0.2, 0.25) is 10.0 Å². The van der Waals surface area contributed by atoms with Crippen LogP contribution in [0.25, 0.3) is 10.9 Å². The molecular formula is C20H18BrN3O4S. The molecule has 0 amide bonds. The lowest BCUT2D eigenvalue weighted by Gasteiger charge is -2.18. The molecule has 9 heteroatoms. The second kappa shape index (κ2) is 7.38. The van der Waals surface area contributed by atoms with E-state index in [1.165, 1.54) is 15.2 Å². The third-order valence-corrected chi connectivity index (χ3v) is 7.33. The quantitative estimate of drug-likeness (QED) is 0.529. The number of aromatic nitrogens is 2. The van der Waals surface area contributed by atoms with Crippen LogP contribution in [0, 0.1) is 0 Å². The van der Waals surface area contributed by atoms with Crippen LogP contribution in [-0.2, 0) is 23.0 Å². The monoisotopic (exact) mass is 475 g/mol. The van der Waals surface area contributed by atoms with Crippen LogP contribution in [0.15, 0.2) is 52.0 Å². The number of anilines is 1. The molecule has 0 spiro atoms. The van der Waals surface area contributed by atoms with Crippen molar-refractivity contribution in [3.63, 3.8) is 0 Å². The van der Waals surface area contributed by atoms with Crippen molar-refractivity contribution in [2.24, 2.45) is 0 Å². The van der Waals surface area contributed by atoms with Crippen molar-refractivity contribution in [1.82, 2.24) is 9.55 Å². The molecule has 1 aliphatic heterocycles. The van der Waals surface area contributed by atoms with E-state index in [0.717, 1.165) is 10.0 Å². The van der Waals surface area contributed by atoms with Crippen LogP contribution in [0.3, 0.4) is 0 Å². The van der Waals surface area contributed by atoms with Gasteiger partial charge in [-0.3, -0.25) is 18.5 Å². The number of rotatable bonds is 5. The molecule has 2 aromatic carbocycles. The molecule has 150 valence electrons. The maximum atomic E-state index is 12.8. The van der Waals surface area contributed by atoms with E-state index in [1.54, 1.807) is 43.3 Å². The first-order valence-electron chi connectivity index (χ1n) is 9.11. The zero-order valence-corrected chi connectivity index (χ0v) is 18.0. The van der Waals surface area contributed by atoms with E-state index in [-0.39, 0.29) is 23.6 Å². The van der Waals surface area contributed by atoms with Gasteiger partial charge in [-0.25, -0.2) is 13.4 Å². The van der Waals surface area contributed by atoms with Gasteiger partial charge in [-0.05, 0) is 55.3 Å². The Morgan fingerprint density at radius 1 is 1.21 bits per heavy atom. The van der Waals surface area contributed by atoms with Crippen molar-refractivity contribution in [3.05, 3.63) is 68.7 Å². The predicted molar refractivity (Wildman–Crippen MR) is 115 cm³/mol. The highest BCUT2D eigenvalue weighted by atomic mass is 79.9. The minimum atomic E-state index is -3.33. The van der Waals surface area contributed by atoms with Crippen molar-refractivity contribution in [2.45, 2.75) is 19.9 Å². The van der Waals surface area contributed by atoms with Gasteiger partial charge in [0, 0.05) is 16.6 Å². The number of benzene rings is 2. The van der Waals surface area contributed by atoms with Gasteiger partial charge in [0.25, 0.3) is 5.56 Å². The number of fused-ring (bicyclic) bond motifs is 2. The highest BCUT2D eigenvalue weighted by molar-refractivity contribution is 9.10. The Morgan fingerprint density at radius 2 is 2.00 bits per heavy atom. The number of nitrogens with zero attached hydrogens (tertiary/aromatic N) is 3. The number of ketones is 1. The lowest BCUT2D eigenvalue weighted by molar-refractivity contribution is 0.0970. The second-order valence-corrected chi connectivity index (χ2v) is 9.93. The Bertz CT molecular complexity index is 1300. The Hall–Kier alpha value is -2.52. The molecule has 7 nitrogen and oxygen atoms in total. The molecule has 0 saturated carbocycles. The van der Waals surface area contributed by atoms with E-state index >= 15 is 0 Å². The summed E-state index contributed by atoms with van der Waals surface area (Å²) in [5.74, 6) is -0.205. The molecule has 1 aliphatic rings. The molecule has 4 rings (SSSR count). The first kappa shape index (κ1) is 19.8. The van der Waals surface area contributed by atoms with E-state index in [1.807, 2.05) is 0 Å². The van der Waals surface area contributed by atoms with E-state index in [2.05, 4.69) is 20.9 Å². The summed E-state index contributed by atoms with van der Waals surface area (Å²) in [6, 6.07) is 10.2. The number of carbonyl (C=O) groups excluding carboxylic acids is 1. The number of hydrogen-bond acceptors (Lipinski definition) is 5. The minimum Gasteiger partial charge on any atom is -0.292 e. The molecule has 3 aromatic rings.